The van der Waals surface area contributed by atoms with Crippen LogP contribution in [0.5, 0.6) is 0 Å². The highest BCUT2D eigenvalue weighted by atomic mass is 15.0. The maximum Gasteiger partial charge on any atom is 0.0380 e. The van der Waals surface area contributed by atoms with E-state index in [1.165, 1.54) is 25.8 Å². The van der Waals surface area contributed by atoms with Gasteiger partial charge >= 0.3 is 0 Å². The zero-order valence-corrected chi connectivity index (χ0v) is 8.72. The molecule has 1 heterocycles. The summed E-state index contributed by atoms with van der Waals surface area (Å²) in [5.74, 6) is 0. The van der Waals surface area contributed by atoms with E-state index in [4.69, 9.17) is 0 Å². The molecule has 0 amide bonds. The van der Waals surface area contributed by atoms with Crippen LogP contribution in [-0.2, 0) is 6.42 Å². The van der Waals surface area contributed by atoms with E-state index < -0.39 is 0 Å². The second kappa shape index (κ2) is 2.83. The van der Waals surface area contributed by atoms with Gasteiger partial charge in [0.15, 0.2) is 0 Å². The molecule has 14 heavy (non-hydrogen) atoms. The Kier molecular flexibility index (Phi) is 1.72. The van der Waals surface area contributed by atoms with Gasteiger partial charge in [0.05, 0.1) is 0 Å². The van der Waals surface area contributed by atoms with E-state index in [0.717, 1.165) is 0 Å². The van der Waals surface area contributed by atoms with Crippen LogP contribution >= 0.6 is 0 Å². The van der Waals surface area contributed by atoms with Crippen molar-refractivity contribution in [3.63, 3.8) is 0 Å². The van der Waals surface area contributed by atoms with Crippen molar-refractivity contribution in [1.82, 2.24) is 5.32 Å². The lowest BCUT2D eigenvalue weighted by Crippen LogP contribution is -2.38. The molecule has 0 saturated carbocycles. The van der Waals surface area contributed by atoms with Gasteiger partial charge in [-0.2, -0.15) is 0 Å². The molecule has 3 rings (SSSR count). The average Bonchev–Trinajstić information content (AvgIpc) is 2.49. The van der Waals surface area contributed by atoms with Gasteiger partial charge in [-0.1, -0.05) is 31.2 Å². The zero-order chi connectivity index (χ0) is 9.60. The summed E-state index contributed by atoms with van der Waals surface area (Å²) in [7, 11) is 0. The molecule has 1 fully saturated rings. The predicted molar refractivity (Wildman–Crippen MR) is 58.2 cm³/mol. The molecule has 1 aliphatic heterocycles. The molecule has 0 aromatic heterocycles. The van der Waals surface area contributed by atoms with E-state index in [9.17, 15) is 0 Å². The third-order valence-electron chi connectivity index (χ3n) is 3.93. The second-order valence-corrected chi connectivity index (χ2v) is 5.02. The molecule has 1 aliphatic carbocycles. The normalized spacial score (nSPS) is 35.1. The third kappa shape index (κ3) is 1.05. The number of hydrogen-bond acceptors (Lipinski definition) is 1. The van der Waals surface area contributed by atoms with Gasteiger partial charge in [0.2, 0.25) is 0 Å². The quantitative estimate of drug-likeness (QED) is 0.658. The molecule has 0 spiro atoms. The van der Waals surface area contributed by atoms with E-state index >= 15 is 0 Å². The molecule has 1 heteroatoms. The fourth-order valence-electron chi connectivity index (χ4n) is 3.22. The van der Waals surface area contributed by atoms with Gasteiger partial charge in [-0.3, -0.25) is 0 Å². The maximum atomic E-state index is 3.68. The summed E-state index contributed by atoms with van der Waals surface area (Å²) in [5.41, 5.74) is 3.60. The minimum Gasteiger partial charge on any atom is -0.309 e. The van der Waals surface area contributed by atoms with Crippen LogP contribution in [0.1, 0.15) is 36.9 Å². The van der Waals surface area contributed by atoms with Gasteiger partial charge in [0.25, 0.3) is 0 Å². The second-order valence-electron chi connectivity index (χ2n) is 5.02. The van der Waals surface area contributed by atoms with Crippen molar-refractivity contribution in [2.45, 2.75) is 32.2 Å². The Hall–Kier alpha value is -0.820. The van der Waals surface area contributed by atoms with Crippen molar-refractivity contribution in [2.24, 2.45) is 5.41 Å². The van der Waals surface area contributed by atoms with Crippen LogP contribution in [0.15, 0.2) is 24.3 Å². The third-order valence-corrected chi connectivity index (χ3v) is 3.93. The SMILES string of the molecule is C[C@@]12CCCNC1c1ccccc1C2. The Bertz CT molecular complexity index is 358. The number of piperidine rings is 1. The molecule has 1 aromatic carbocycles. The molecule has 2 aliphatic rings. The van der Waals surface area contributed by atoms with Crippen LogP contribution < -0.4 is 5.32 Å². The topological polar surface area (TPSA) is 12.0 Å². The fourth-order valence-corrected chi connectivity index (χ4v) is 3.22. The van der Waals surface area contributed by atoms with Crippen molar-refractivity contribution in [3.8, 4) is 0 Å². The Balaban J connectivity index is 2.07. The maximum absolute atomic E-state index is 3.68. The standard InChI is InChI=1S/C13H17N/c1-13-7-4-8-14-12(13)11-6-3-2-5-10(11)9-13/h2-3,5-6,12,14H,4,7-9H2,1H3/t12?,13-/m0/s1. The van der Waals surface area contributed by atoms with Crippen molar-refractivity contribution in [2.75, 3.05) is 6.54 Å². The first-order valence-corrected chi connectivity index (χ1v) is 5.61. The minimum absolute atomic E-state index is 0.488. The summed E-state index contributed by atoms with van der Waals surface area (Å²) in [5, 5.41) is 3.68. The monoisotopic (exact) mass is 187 g/mol. The minimum atomic E-state index is 0.488. The summed E-state index contributed by atoms with van der Waals surface area (Å²) in [4.78, 5) is 0. The van der Waals surface area contributed by atoms with Gasteiger partial charge in [-0.05, 0) is 42.3 Å². The Morgan fingerprint density at radius 1 is 1.36 bits per heavy atom. The summed E-state index contributed by atoms with van der Waals surface area (Å²) in [6, 6.07) is 9.54. The molecule has 0 radical (unpaired) electrons. The molecule has 1 saturated heterocycles. The number of nitrogens with one attached hydrogen (secondary N) is 1. The average molecular weight is 187 g/mol. The lowest BCUT2D eigenvalue weighted by Gasteiger charge is -2.37. The number of hydrogen-bond donors (Lipinski definition) is 1. The first-order valence-electron chi connectivity index (χ1n) is 5.61. The highest BCUT2D eigenvalue weighted by Gasteiger charge is 2.43. The van der Waals surface area contributed by atoms with Gasteiger partial charge in [-0.15, -0.1) is 0 Å². The van der Waals surface area contributed by atoms with E-state index in [1.54, 1.807) is 11.1 Å². The lowest BCUT2D eigenvalue weighted by molar-refractivity contribution is 0.178. The van der Waals surface area contributed by atoms with E-state index in [-0.39, 0.29) is 0 Å². The molecule has 74 valence electrons. The van der Waals surface area contributed by atoms with Crippen LogP contribution in [0.25, 0.3) is 0 Å². The molecule has 1 nitrogen and oxygen atoms in total. The van der Waals surface area contributed by atoms with Gasteiger partial charge in [0.1, 0.15) is 0 Å². The molecule has 0 bridgehead atoms. The van der Waals surface area contributed by atoms with Crippen molar-refractivity contribution in [1.29, 1.82) is 0 Å². The Labute approximate surface area is 85.5 Å². The predicted octanol–water partition coefficient (Wildman–Crippen LogP) is 2.67. The van der Waals surface area contributed by atoms with E-state index in [1.807, 2.05) is 0 Å². The summed E-state index contributed by atoms with van der Waals surface area (Å²) in [6.07, 6.45) is 3.97. The highest BCUT2D eigenvalue weighted by Crippen LogP contribution is 2.49. The molecule has 1 aromatic rings. The molecular formula is C13H17N. The largest absolute Gasteiger partial charge is 0.309 e. The zero-order valence-electron chi connectivity index (χ0n) is 8.72. The van der Waals surface area contributed by atoms with Gasteiger partial charge in [-0.25, -0.2) is 0 Å². The summed E-state index contributed by atoms with van der Waals surface area (Å²) in [6.45, 7) is 3.62. The van der Waals surface area contributed by atoms with E-state index in [2.05, 4.69) is 36.5 Å². The Morgan fingerprint density at radius 2 is 2.21 bits per heavy atom. The molecule has 2 atom stereocenters. The van der Waals surface area contributed by atoms with Gasteiger partial charge in [0, 0.05) is 6.04 Å². The molecular weight excluding hydrogens is 170 g/mol. The van der Waals surface area contributed by atoms with Crippen LogP contribution in [0.2, 0.25) is 0 Å². The van der Waals surface area contributed by atoms with Crippen molar-refractivity contribution >= 4 is 0 Å². The molecule has 1 N–H and O–H groups in total. The first kappa shape index (κ1) is 8.49. The van der Waals surface area contributed by atoms with E-state index in [0.29, 0.717) is 11.5 Å². The number of fused-ring (bicyclic) bond motifs is 3. The van der Waals surface area contributed by atoms with Gasteiger partial charge < -0.3 is 5.32 Å². The number of benzene rings is 1. The number of rotatable bonds is 0. The molecule has 1 unspecified atom stereocenters. The lowest BCUT2D eigenvalue weighted by atomic mass is 9.76. The first-order chi connectivity index (χ1) is 6.80. The smallest absolute Gasteiger partial charge is 0.0380 e. The van der Waals surface area contributed by atoms with Crippen molar-refractivity contribution < 1.29 is 0 Å². The highest BCUT2D eigenvalue weighted by molar-refractivity contribution is 5.38. The summed E-state index contributed by atoms with van der Waals surface area (Å²) >= 11 is 0. The van der Waals surface area contributed by atoms with Crippen LogP contribution in [0, 0.1) is 5.41 Å². The van der Waals surface area contributed by atoms with Crippen molar-refractivity contribution in [3.05, 3.63) is 35.4 Å². The fraction of sp³-hybridized carbons (Fsp3) is 0.538. The van der Waals surface area contributed by atoms with Crippen LogP contribution in [0.4, 0.5) is 0 Å². The van der Waals surface area contributed by atoms with Crippen LogP contribution in [-0.4, -0.2) is 6.54 Å². The Morgan fingerprint density at radius 3 is 3.14 bits per heavy atom. The van der Waals surface area contributed by atoms with Crippen LogP contribution in [0.3, 0.4) is 0 Å². The summed E-state index contributed by atoms with van der Waals surface area (Å²) < 4.78 is 0.